The van der Waals surface area contributed by atoms with E-state index in [4.69, 9.17) is 5.26 Å². The van der Waals surface area contributed by atoms with Crippen LogP contribution in [0.5, 0.6) is 0 Å². The molecule has 0 bridgehead atoms. The molecule has 0 saturated carbocycles. The van der Waals surface area contributed by atoms with Crippen LogP contribution in [-0.4, -0.2) is 12.2 Å². The van der Waals surface area contributed by atoms with Crippen molar-refractivity contribution in [2.24, 2.45) is 0 Å². The Bertz CT molecular complexity index is 168. The van der Waals surface area contributed by atoms with Crippen LogP contribution in [-0.2, 0) is 4.79 Å². The van der Waals surface area contributed by atoms with Gasteiger partial charge < -0.3 is 0 Å². The highest BCUT2D eigenvalue weighted by molar-refractivity contribution is 5.92. The third kappa shape index (κ3) is 3.35. The van der Waals surface area contributed by atoms with Crippen molar-refractivity contribution >= 4 is 5.78 Å². The highest BCUT2D eigenvalue weighted by Crippen LogP contribution is 1.93. The minimum atomic E-state index is -3.01. The predicted molar refractivity (Wildman–Crippen MR) is 25.8 cm³/mol. The lowest BCUT2D eigenvalue weighted by atomic mass is 10.4. The van der Waals surface area contributed by atoms with Gasteiger partial charge in [0.2, 0.25) is 5.78 Å². The van der Waals surface area contributed by atoms with Crippen molar-refractivity contribution in [2.75, 3.05) is 0 Å². The lowest BCUT2D eigenvalue weighted by molar-refractivity contribution is -0.124. The number of ketones is 1. The molecule has 0 aliphatic heterocycles. The molecule has 0 aliphatic rings. The molecule has 0 radical (unpaired) electrons. The number of nitriles is 1. The second kappa shape index (κ2) is 3.72. The van der Waals surface area contributed by atoms with E-state index in [0.29, 0.717) is 12.2 Å². The summed E-state index contributed by atoms with van der Waals surface area (Å²) in [6, 6.07) is 1.42. The lowest BCUT2D eigenvalue weighted by Crippen LogP contribution is -2.04. The fourth-order valence-electron chi connectivity index (χ4n) is 0.192. The summed E-state index contributed by atoms with van der Waals surface area (Å²) in [5.74, 6) is -1.34. The molecule has 9 heavy (non-hydrogen) atoms. The molecule has 0 aromatic carbocycles. The first-order chi connectivity index (χ1) is 4.18. The van der Waals surface area contributed by atoms with Crippen LogP contribution < -0.4 is 0 Å². The maximum Gasteiger partial charge on any atom is 0.299 e. The molecular formula is C5H3F2NO. The van der Waals surface area contributed by atoms with Crippen molar-refractivity contribution < 1.29 is 13.6 Å². The Balaban J connectivity index is 3.81. The molecule has 0 amide bonds. The SMILES string of the molecule is N#C/C=C/C(=O)C(F)F. The summed E-state index contributed by atoms with van der Waals surface area (Å²) in [7, 11) is 0. The number of halogens is 2. The Hall–Kier alpha value is -1.24. The highest BCUT2D eigenvalue weighted by atomic mass is 19.3. The maximum atomic E-state index is 11.2. The largest absolute Gasteiger partial charge is 0.299 e. The molecule has 2 nitrogen and oxygen atoms in total. The van der Waals surface area contributed by atoms with Gasteiger partial charge in [0, 0.05) is 6.08 Å². The summed E-state index contributed by atoms with van der Waals surface area (Å²) >= 11 is 0. The number of allylic oxidation sites excluding steroid dienone is 2. The number of hydrogen-bond acceptors (Lipinski definition) is 2. The molecule has 0 fully saturated rings. The molecule has 0 N–H and O–H groups in total. The van der Waals surface area contributed by atoms with E-state index in [9.17, 15) is 13.6 Å². The molecule has 0 aromatic rings. The minimum Gasteiger partial charge on any atom is -0.288 e. The number of nitrogens with zero attached hydrogens (tertiary/aromatic N) is 1. The van der Waals surface area contributed by atoms with Gasteiger partial charge in [0.05, 0.1) is 6.07 Å². The zero-order valence-electron chi connectivity index (χ0n) is 4.34. The Morgan fingerprint density at radius 3 is 2.56 bits per heavy atom. The van der Waals surface area contributed by atoms with Gasteiger partial charge in [-0.1, -0.05) is 0 Å². The van der Waals surface area contributed by atoms with Gasteiger partial charge in [-0.15, -0.1) is 0 Å². The molecule has 0 aromatic heterocycles. The van der Waals surface area contributed by atoms with Gasteiger partial charge in [-0.3, -0.25) is 4.79 Å². The lowest BCUT2D eigenvalue weighted by Gasteiger charge is -1.85. The van der Waals surface area contributed by atoms with E-state index in [1.807, 2.05) is 0 Å². The predicted octanol–water partition coefficient (Wildman–Crippen LogP) is 0.900. The monoisotopic (exact) mass is 131 g/mol. The normalized spacial score (nSPS) is 10.0. The van der Waals surface area contributed by atoms with Crippen molar-refractivity contribution in [3.8, 4) is 6.07 Å². The Kier molecular flexibility index (Phi) is 3.21. The fraction of sp³-hybridized carbons (Fsp3) is 0.200. The molecule has 0 atom stereocenters. The van der Waals surface area contributed by atoms with E-state index in [1.165, 1.54) is 6.07 Å². The summed E-state index contributed by atoms with van der Waals surface area (Å²) in [5.41, 5.74) is 0. The standard InChI is InChI=1S/C5H3F2NO/c6-5(7)4(9)2-1-3-8/h1-2,5H/b2-1+. The van der Waals surface area contributed by atoms with Crippen LogP contribution >= 0.6 is 0 Å². The van der Waals surface area contributed by atoms with Crippen LogP contribution in [0.4, 0.5) is 8.78 Å². The van der Waals surface area contributed by atoms with Crippen molar-refractivity contribution in [2.45, 2.75) is 6.43 Å². The van der Waals surface area contributed by atoms with Gasteiger partial charge in [0.25, 0.3) is 6.43 Å². The minimum absolute atomic E-state index is 0.546. The third-order valence-corrected chi connectivity index (χ3v) is 0.537. The van der Waals surface area contributed by atoms with Crippen LogP contribution in [0.3, 0.4) is 0 Å². The van der Waals surface area contributed by atoms with E-state index >= 15 is 0 Å². The molecular weight excluding hydrogens is 128 g/mol. The number of hydrogen-bond donors (Lipinski definition) is 0. The number of carbonyl (C=O) groups is 1. The van der Waals surface area contributed by atoms with Crippen molar-refractivity contribution in [3.05, 3.63) is 12.2 Å². The van der Waals surface area contributed by atoms with Gasteiger partial charge in [-0.05, 0) is 6.08 Å². The Morgan fingerprint density at radius 2 is 2.22 bits per heavy atom. The van der Waals surface area contributed by atoms with Gasteiger partial charge >= 0.3 is 0 Å². The second-order valence-corrected chi connectivity index (χ2v) is 1.17. The van der Waals surface area contributed by atoms with Gasteiger partial charge in [-0.25, -0.2) is 8.78 Å². The first kappa shape index (κ1) is 7.76. The summed E-state index contributed by atoms with van der Waals surface area (Å²) < 4.78 is 22.5. The van der Waals surface area contributed by atoms with Gasteiger partial charge in [0.1, 0.15) is 0 Å². The number of rotatable bonds is 2. The first-order valence-electron chi connectivity index (χ1n) is 2.06. The van der Waals surface area contributed by atoms with Crippen molar-refractivity contribution in [1.82, 2.24) is 0 Å². The topological polar surface area (TPSA) is 40.9 Å². The van der Waals surface area contributed by atoms with Crippen molar-refractivity contribution in [1.29, 1.82) is 5.26 Å². The van der Waals surface area contributed by atoms with E-state index in [1.54, 1.807) is 0 Å². The number of carbonyl (C=O) groups excluding carboxylic acids is 1. The van der Waals surface area contributed by atoms with Crippen LogP contribution in [0.25, 0.3) is 0 Å². The van der Waals surface area contributed by atoms with E-state index in [2.05, 4.69) is 0 Å². The molecule has 0 aliphatic carbocycles. The van der Waals surface area contributed by atoms with Crippen LogP contribution in [0.15, 0.2) is 12.2 Å². The summed E-state index contributed by atoms with van der Waals surface area (Å²) in [6.07, 6.45) is -1.74. The molecule has 48 valence electrons. The van der Waals surface area contributed by atoms with E-state index in [-0.39, 0.29) is 0 Å². The Labute approximate surface area is 50.4 Å². The quantitative estimate of drug-likeness (QED) is 0.412. The van der Waals surface area contributed by atoms with E-state index in [0.717, 1.165) is 0 Å². The molecule has 4 heteroatoms. The maximum absolute atomic E-state index is 11.2. The fourth-order valence-corrected chi connectivity index (χ4v) is 0.192. The zero-order valence-corrected chi connectivity index (χ0v) is 4.34. The average Bonchev–Trinajstić information content (AvgIpc) is 1.82. The summed E-state index contributed by atoms with van der Waals surface area (Å²) in [5, 5.41) is 7.76. The number of alkyl halides is 2. The average molecular weight is 131 g/mol. The van der Waals surface area contributed by atoms with Crippen LogP contribution in [0.1, 0.15) is 0 Å². The van der Waals surface area contributed by atoms with Gasteiger partial charge in [-0.2, -0.15) is 5.26 Å². The zero-order chi connectivity index (χ0) is 7.28. The van der Waals surface area contributed by atoms with Crippen LogP contribution in [0.2, 0.25) is 0 Å². The first-order valence-corrected chi connectivity index (χ1v) is 2.06. The third-order valence-electron chi connectivity index (χ3n) is 0.537. The summed E-state index contributed by atoms with van der Waals surface area (Å²) in [4.78, 5) is 9.91. The summed E-state index contributed by atoms with van der Waals surface area (Å²) in [6.45, 7) is 0. The molecule has 0 heterocycles. The van der Waals surface area contributed by atoms with Crippen LogP contribution in [0, 0.1) is 11.3 Å². The second-order valence-electron chi connectivity index (χ2n) is 1.17. The van der Waals surface area contributed by atoms with Gasteiger partial charge in [0.15, 0.2) is 0 Å². The highest BCUT2D eigenvalue weighted by Gasteiger charge is 2.09. The molecule has 0 unspecified atom stereocenters. The van der Waals surface area contributed by atoms with E-state index < -0.39 is 12.2 Å². The van der Waals surface area contributed by atoms with Crippen molar-refractivity contribution in [3.63, 3.8) is 0 Å². The molecule has 0 rings (SSSR count). The molecule has 0 spiro atoms. The smallest absolute Gasteiger partial charge is 0.288 e. The Morgan fingerprint density at radius 1 is 1.67 bits per heavy atom. The molecule has 0 saturated heterocycles.